The molecule has 0 N–H and O–H groups in total. The van der Waals surface area contributed by atoms with Crippen molar-refractivity contribution in [1.29, 1.82) is 0 Å². The maximum absolute atomic E-state index is 13.8. The number of halogens is 3. The van der Waals surface area contributed by atoms with Gasteiger partial charge in [-0.05, 0) is 55.3 Å². The van der Waals surface area contributed by atoms with E-state index in [2.05, 4.69) is 15.9 Å². The average Bonchev–Trinajstić information content (AvgIpc) is 3.15. The van der Waals surface area contributed by atoms with Crippen LogP contribution in [-0.2, 0) is 9.53 Å². The van der Waals surface area contributed by atoms with Gasteiger partial charge in [-0.2, -0.15) is 0 Å². The molecule has 0 radical (unpaired) electrons. The van der Waals surface area contributed by atoms with Crippen molar-refractivity contribution >= 4 is 62.5 Å². The third-order valence-electron chi connectivity index (χ3n) is 5.63. The van der Waals surface area contributed by atoms with Crippen LogP contribution in [0.3, 0.4) is 0 Å². The van der Waals surface area contributed by atoms with Crippen molar-refractivity contribution in [3.63, 3.8) is 0 Å². The number of carbonyl (C=O) groups is 1. The first kappa shape index (κ1) is 26.7. The number of carbonyl (C=O) groups excluding carboxylic acids is 1. The molecule has 0 bridgehead atoms. The van der Waals surface area contributed by atoms with Gasteiger partial charge in [-0.25, -0.2) is 9.79 Å². The lowest BCUT2D eigenvalue weighted by atomic mass is 9.93. The summed E-state index contributed by atoms with van der Waals surface area (Å²) in [6.45, 7) is 3.96. The fourth-order valence-electron chi connectivity index (χ4n) is 4.09. The molecular weight excluding hydrogens is 587 g/mol. The van der Waals surface area contributed by atoms with Gasteiger partial charge < -0.3 is 9.47 Å². The summed E-state index contributed by atoms with van der Waals surface area (Å²) in [6.07, 6.45) is 3.03. The lowest BCUT2D eigenvalue weighted by Crippen LogP contribution is -2.40. The van der Waals surface area contributed by atoms with E-state index in [1.54, 1.807) is 44.4 Å². The van der Waals surface area contributed by atoms with Gasteiger partial charge in [0, 0.05) is 20.1 Å². The summed E-state index contributed by atoms with van der Waals surface area (Å²) in [5.41, 5.74) is 1.94. The van der Waals surface area contributed by atoms with Crippen LogP contribution in [-0.4, -0.2) is 24.3 Å². The van der Waals surface area contributed by atoms with Gasteiger partial charge in [0.15, 0.2) is 4.80 Å². The Bertz CT molecular complexity index is 1540. The third kappa shape index (κ3) is 5.18. The Kier molecular flexibility index (Phi) is 8.40. The van der Waals surface area contributed by atoms with Crippen LogP contribution in [0, 0.1) is 0 Å². The van der Waals surface area contributed by atoms with Crippen molar-refractivity contribution in [1.82, 2.24) is 4.57 Å². The van der Waals surface area contributed by atoms with Crippen LogP contribution < -0.4 is 19.6 Å². The number of esters is 1. The molecule has 36 heavy (non-hydrogen) atoms. The van der Waals surface area contributed by atoms with E-state index in [0.717, 1.165) is 10.9 Å². The minimum Gasteiger partial charge on any atom is -0.496 e. The minimum absolute atomic E-state index is 0.198. The number of hydrogen-bond donors (Lipinski definition) is 0. The Morgan fingerprint density at radius 2 is 2.00 bits per heavy atom. The summed E-state index contributed by atoms with van der Waals surface area (Å²) < 4.78 is 13.8. The summed E-state index contributed by atoms with van der Waals surface area (Å²) in [5, 5.41) is 0.932. The van der Waals surface area contributed by atoms with Crippen LogP contribution in [0.5, 0.6) is 5.75 Å². The molecule has 0 unspecified atom stereocenters. The summed E-state index contributed by atoms with van der Waals surface area (Å²) in [5.74, 6) is 0.0322. The Hall–Kier alpha value is -2.39. The van der Waals surface area contributed by atoms with E-state index < -0.39 is 12.0 Å². The molecule has 10 heteroatoms. The zero-order valence-electron chi connectivity index (χ0n) is 19.8. The smallest absolute Gasteiger partial charge is 0.338 e. The van der Waals surface area contributed by atoms with Crippen molar-refractivity contribution in [2.45, 2.75) is 32.7 Å². The summed E-state index contributed by atoms with van der Waals surface area (Å²) in [7, 11) is 1.56. The maximum atomic E-state index is 13.8. The SMILES string of the molecule is CCCC1=C(C(=O)OCC)[C@@H](c2cc(Br)ccc2OC)n2c(s/c(=C/c3ccc(Cl)cc3Cl)c2=O)=N1. The summed E-state index contributed by atoms with van der Waals surface area (Å²) in [6, 6.07) is 9.80. The van der Waals surface area contributed by atoms with Gasteiger partial charge in [-0.1, -0.05) is 69.9 Å². The Labute approximate surface area is 230 Å². The highest BCUT2D eigenvalue weighted by Gasteiger charge is 2.36. The normalized spacial score (nSPS) is 15.5. The van der Waals surface area contributed by atoms with E-state index in [9.17, 15) is 9.59 Å². The van der Waals surface area contributed by atoms with E-state index in [1.165, 1.54) is 15.9 Å². The largest absolute Gasteiger partial charge is 0.496 e. The number of ether oxygens (including phenoxy) is 2. The highest BCUT2D eigenvalue weighted by molar-refractivity contribution is 9.10. The first-order valence-corrected chi connectivity index (χ1v) is 13.7. The summed E-state index contributed by atoms with van der Waals surface area (Å²) in [4.78, 5) is 32.4. The van der Waals surface area contributed by atoms with Crippen LogP contribution in [0.4, 0.5) is 0 Å². The number of fused-ring (bicyclic) bond motifs is 1. The topological polar surface area (TPSA) is 69.9 Å². The molecule has 0 saturated heterocycles. The molecule has 1 aromatic heterocycles. The lowest BCUT2D eigenvalue weighted by Gasteiger charge is -2.27. The van der Waals surface area contributed by atoms with Crippen molar-refractivity contribution in [2.24, 2.45) is 4.99 Å². The van der Waals surface area contributed by atoms with Crippen LogP contribution in [0.25, 0.3) is 6.08 Å². The second-order valence-electron chi connectivity index (χ2n) is 7.97. The van der Waals surface area contributed by atoms with Gasteiger partial charge in [-0.3, -0.25) is 9.36 Å². The maximum Gasteiger partial charge on any atom is 0.338 e. The molecule has 1 aliphatic rings. The van der Waals surface area contributed by atoms with Crippen LogP contribution in [0.2, 0.25) is 10.0 Å². The quantitative estimate of drug-likeness (QED) is 0.324. The molecule has 0 saturated carbocycles. The Balaban J connectivity index is 2.06. The molecule has 3 aromatic rings. The van der Waals surface area contributed by atoms with Crippen molar-refractivity contribution in [2.75, 3.05) is 13.7 Å². The molecule has 0 spiro atoms. The van der Waals surface area contributed by atoms with E-state index >= 15 is 0 Å². The van der Waals surface area contributed by atoms with E-state index in [4.69, 9.17) is 37.7 Å². The lowest BCUT2D eigenvalue weighted by molar-refractivity contribution is -0.139. The first-order valence-electron chi connectivity index (χ1n) is 11.3. The number of benzene rings is 2. The third-order valence-corrected chi connectivity index (χ3v) is 7.67. The minimum atomic E-state index is -0.780. The molecule has 4 rings (SSSR count). The highest BCUT2D eigenvalue weighted by atomic mass is 79.9. The number of methoxy groups -OCH3 is 1. The first-order chi connectivity index (χ1) is 17.3. The average molecular weight is 610 g/mol. The standard InChI is InChI=1S/C26H23BrCl2N2O4S/c1-4-6-19-22(25(33)35-5-2)23(17-12-15(27)8-10-20(17)34-3)31-24(32)21(36-26(31)30-19)11-14-7-9-16(28)13-18(14)29/h7-13,23H,4-6H2,1-3H3/b21-11+/t23-/m1/s1. The fraction of sp³-hybridized carbons (Fsp3) is 0.269. The number of allylic oxidation sites excluding steroid dienone is 1. The molecule has 0 aliphatic carbocycles. The van der Waals surface area contributed by atoms with E-state index in [0.29, 0.717) is 53.9 Å². The van der Waals surface area contributed by atoms with E-state index in [1.807, 2.05) is 19.1 Å². The molecule has 0 fully saturated rings. The van der Waals surface area contributed by atoms with Gasteiger partial charge in [0.2, 0.25) is 0 Å². The molecule has 1 atom stereocenters. The van der Waals surface area contributed by atoms with Crippen molar-refractivity contribution in [3.8, 4) is 5.75 Å². The van der Waals surface area contributed by atoms with Gasteiger partial charge in [0.05, 0.1) is 29.5 Å². The monoisotopic (exact) mass is 608 g/mol. The number of nitrogens with zero attached hydrogens (tertiary/aromatic N) is 2. The van der Waals surface area contributed by atoms with Gasteiger partial charge >= 0.3 is 5.97 Å². The van der Waals surface area contributed by atoms with Crippen molar-refractivity contribution in [3.05, 3.63) is 93.0 Å². The molecular formula is C26H23BrCl2N2O4S. The molecule has 1 aliphatic heterocycles. The van der Waals surface area contributed by atoms with Crippen LogP contribution in [0.1, 0.15) is 43.9 Å². The molecule has 188 valence electrons. The second-order valence-corrected chi connectivity index (χ2v) is 10.7. The number of aromatic nitrogens is 1. The number of rotatable bonds is 7. The molecule has 0 amide bonds. The fourth-order valence-corrected chi connectivity index (χ4v) is 5.95. The zero-order chi connectivity index (χ0) is 26.0. The van der Waals surface area contributed by atoms with Crippen LogP contribution in [0.15, 0.2) is 61.9 Å². The zero-order valence-corrected chi connectivity index (χ0v) is 23.7. The number of thiazole rings is 1. The van der Waals surface area contributed by atoms with E-state index in [-0.39, 0.29) is 12.2 Å². The second kappa shape index (κ2) is 11.3. The van der Waals surface area contributed by atoms with Crippen LogP contribution >= 0.6 is 50.5 Å². The predicted octanol–water partition coefficient (Wildman–Crippen LogP) is 5.66. The molecule has 2 heterocycles. The molecule has 6 nitrogen and oxygen atoms in total. The Morgan fingerprint density at radius 3 is 2.67 bits per heavy atom. The highest BCUT2D eigenvalue weighted by Crippen LogP contribution is 2.38. The van der Waals surface area contributed by atoms with Gasteiger partial charge in [0.25, 0.3) is 5.56 Å². The van der Waals surface area contributed by atoms with Crippen molar-refractivity contribution < 1.29 is 14.3 Å². The van der Waals surface area contributed by atoms with Gasteiger partial charge in [0.1, 0.15) is 11.8 Å². The summed E-state index contributed by atoms with van der Waals surface area (Å²) >= 11 is 17.2. The van der Waals surface area contributed by atoms with Gasteiger partial charge in [-0.15, -0.1) is 0 Å². The molecule has 2 aromatic carbocycles. The number of hydrogen-bond acceptors (Lipinski definition) is 6. The predicted molar refractivity (Wildman–Crippen MR) is 147 cm³/mol. The Morgan fingerprint density at radius 1 is 1.22 bits per heavy atom.